The van der Waals surface area contributed by atoms with Crippen LogP contribution in [0.3, 0.4) is 0 Å². The van der Waals surface area contributed by atoms with Crippen LogP contribution < -0.4 is 9.46 Å². The van der Waals surface area contributed by atoms with E-state index >= 15 is 0 Å². The lowest BCUT2D eigenvalue weighted by Gasteiger charge is -2.21. The Balaban J connectivity index is 1.93. The molecule has 3 aromatic rings. The monoisotopic (exact) mass is 441 g/mol. The van der Waals surface area contributed by atoms with Gasteiger partial charge in [-0.1, -0.05) is 66.2 Å². The second-order valence-corrected chi connectivity index (χ2v) is 8.80. The van der Waals surface area contributed by atoms with Gasteiger partial charge >= 0.3 is 5.97 Å². The third kappa shape index (κ3) is 5.36. The number of carbonyl (C=O) groups is 1. The molecule has 1 N–H and O–H groups in total. The fourth-order valence-corrected chi connectivity index (χ4v) is 4.16. The number of sulfonamides is 1. The first-order valence-electron chi connectivity index (χ1n) is 9.07. The third-order valence-electron chi connectivity index (χ3n) is 4.35. The Morgan fingerprint density at radius 2 is 1.67 bits per heavy atom. The molecule has 0 aliphatic heterocycles. The van der Waals surface area contributed by atoms with E-state index in [1.807, 2.05) is 6.92 Å². The lowest BCUT2D eigenvalue weighted by molar-refractivity contribution is -0.130. The molecule has 30 heavy (non-hydrogen) atoms. The van der Waals surface area contributed by atoms with Crippen LogP contribution in [0.2, 0.25) is 5.02 Å². The molecule has 0 aromatic heterocycles. The van der Waals surface area contributed by atoms with Gasteiger partial charge in [-0.05, 0) is 48.9 Å². The van der Waals surface area contributed by atoms with Gasteiger partial charge in [0, 0.05) is 5.02 Å². The van der Waals surface area contributed by atoms with Crippen LogP contribution in [0, 0.1) is 6.92 Å². The van der Waals surface area contributed by atoms with E-state index < -0.39 is 22.0 Å². The van der Waals surface area contributed by atoms with Crippen molar-refractivity contribution >= 4 is 27.6 Å². The summed E-state index contributed by atoms with van der Waals surface area (Å²) in [4.78, 5) is 12.8. The molecule has 0 spiro atoms. The van der Waals surface area contributed by atoms with Crippen LogP contribution in [0.5, 0.6) is 5.75 Å². The van der Waals surface area contributed by atoms with Gasteiger partial charge in [0.2, 0.25) is 10.0 Å². The number of aryl methyl sites for hydroxylation is 1. The highest BCUT2D eigenvalue weighted by Crippen LogP contribution is 2.27. The average molecular weight is 442 g/mol. The Morgan fingerprint density at radius 1 is 1.00 bits per heavy atom. The molecule has 154 valence electrons. The van der Waals surface area contributed by atoms with Crippen LogP contribution in [0.15, 0.2) is 95.9 Å². The molecule has 0 unspecified atom stereocenters. The minimum atomic E-state index is -3.95. The number of halogens is 1. The molecular weight excluding hydrogens is 422 g/mol. The zero-order valence-corrected chi connectivity index (χ0v) is 17.8. The molecule has 0 saturated heterocycles. The maximum atomic E-state index is 13.0. The summed E-state index contributed by atoms with van der Waals surface area (Å²) >= 11 is 6.09. The van der Waals surface area contributed by atoms with Gasteiger partial charge in [-0.2, -0.15) is 4.72 Å². The van der Waals surface area contributed by atoms with Gasteiger partial charge in [-0.15, -0.1) is 0 Å². The highest BCUT2D eigenvalue weighted by atomic mass is 35.5. The number of hydrogen-bond donors (Lipinski definition) is 1. The van der Waals surface area contributed by atoms with Crippen LogP contribution in [0.1, 0.15) is 17.2 Å². The number of para-hydroxylation sites is 1. The van der Waals surface area contributed by atoms with Gasteiger partial charge in [-0.25, -0.2) is 13.2 Å². The van der Waals surface area contributed by atoms with Crippen LogP contribution in [-0.2, 0) is 14.8 Å². The zero-order valence-electron chi connectivity index (χ0n) is 16.2. The van der Waals surface area contributed by atoms with Crippen molar-refractivity contribution in [2.24, 2.45) is 0 Å². The van der Waals surface area contributed by atoms with Crippen molar-refractivity contribution in [2.75, 3.05) is 0 Å². The first-order valence-corrected chi connectivity index (χ1v) is 10.9. The van der Waals surface area contributed by atoms with Crippen LogP contribution in [0.25, 0.3) is 0 Å². The SMILES string of the molecule is C=C(C(=O)Oc1ccccc1)[C@@H](NS(=O)(=O)c1ccc(C)cc1)c1cccc(Cl)c1. The number of ether oxygens (including phenoxy) is 1. The Bertz CT molecular complexity index is 1160. The minimum Gasteiger partial charge on any atom is -0.423 e. The van der Waals surface area contributed by atoms with Gasteiger partial charge in [0.1, 0.15) is 5.75 Å². The molecule has 3 rings (SSSR count). The van der Waals surface area contributed by atoms with Crippen LogP contribution in [-0.4, -0.2) is 14.4 Å². The second kappa shape index (κ2) is 9.26. The van der Waals surface area contributed by atoms with E-state index in [4.69, 9.17) is 16.3 Å². The quantitative estimate of drug-likeness (QED) is 0.324. The number of rotatable bonds is 7. The number of benzene rings is 3. The van der Waals surface area contributed by atoms with Crippen molar-refractivity contribution in [3.63, 3.8) is 0 Å². The summed E-state index contributed by atoms with van der Waals surface area (Å²) in [6.45, 7) is 5.67. The molecule has 0 bridgehead atoms. The normalized spacial score (nSPS) is 12.2. The first-order chi connectivity index (χ1) is 14.3. The lowest BCUT2D eigenvalue weighted by Crippen LogP contribution is -2.33. The van der Waals surface area contributed by atoms with E-state index in [9.17, 15) is 13.2 Å². The standard InChI is InChI=1S/C23H20ClNO4S/c1-16-11-13-21(14-12-16)30(27,28)25-22(18-7-6-8-19(24)15-18)17(2)23(26)29-20-9-4-3-5-10-20/h3-15,22,25H,2H2,1H3/t22-/m1/s1. The molecule has 0 aliphatic rings. The Labute approximate surface area is 181 Å². The fraction of sp³-hybridized carbons (Fsp3) is 0.0870. The van der Waals surface area contributed by atoms with E-state index in [0.717, 1.165) is 5.56 Å². The molecule has 5 nitrogen and oxygen atoms in total. The van der Waals surface area contributed by atoms with Gasteiger partial charge in [-0.3, -0.25) is 0 Å². The zero-order chi connectivity index (χ0) is 21.7. The highest BCUT2D eigenvalue weighted by molar-refractivity contribution is 7.89. The highest BCUT2D eigenvalue weighted by Gasteiger charge is 2.28. The minimum absolute atomic E-state index is 0.0724. The number of esters is 1. The smallest absolute Gasteiger partial charge is 0.340 e. The third-order valence-corrected chi connectivity index (χ3v) is 6.02. The van der Waals surface area contributed by atoms with Crippen molar-refractivity contribution in [3.8, 4) is 5.75 Å². The summed E-state index contributed by atoms with van der Waals surface area (Å²) in [6.07, 6.45) is 0. The van der Waals surface area contributed by atoms with Gasteiger partial charge < -0.3 is 4.74 Å². The second-order valence-electron chi connectivity index (χ2n) is 6.65. The Kier molecular flexibility index (Phi) is 6.72. The fourth-order valence-electron chi connectivity index (χ4n) is 2.75. The average Bonchev–Trinajstić information content (AvgIpc) is 2.72. The van der Waals surface area contributed by atoms with Gasteiger partial charge in [0.05, 0.1) is 16.5 Å². The van der Waals surface area contributed by atoms with E-state index in [1.54, 1.807) is 66.7 Å². The van der Waals surface area contributed by atoms with E-state index in [1.165, 1.54) is 12.1 Å². The van der Waals surface area contributed by atoms with Gasteiger partial charge in [0.15, 0.2) is 0 Å². The molecule has 0 aliphatic carbocycles. The largest absolute Gasteiger partial charge is 0.423 e. The van der Waals surface area contributed by atoms with Crippen LogP contribution in [0.4, 0.5) is 0 Å². The summed E-state index contributed by atoms with van der Waals surface area (Å²) in [5.41, 5.74) is 1.32. The summed E-state index contributed by atoms with van der Waals surface area (Å²) < 4.78 is 33.8. The van der Waals surface area contributed by atoms with Crippen molar-refractivity contribution in [1.82, 2.24) is 4.72 Å². The molecule has 7 heteroatoms. The number of carbonyl (C=O) groups excluding carboxylic acids is 1. The van der Waals surface area contributed by atoms with E-state index in [0.29, 0.717) is 16.3 Å². The molecule has 0 saturated carbocycles. The maximum Gasteiger partial charge on any atom is 0.340 e. The molecule has 1 atom stereocenters. The summed E-state index contributed by atoms with van der Waals surface area (Å²) in [5.74, 6) is -0.423. The summed E-state index contributed by atoms with van der Waals surface area (Å²) in [5, 5.41) is 0.399. The summed E-state index contributed by atoms with van der Waals surface area (Å²) in [6, 6.07) is 20.4. The predicted octanol–water partition coefficient (Wildman–Crippen LogP) is 4.83. The molecule has 3 aromatic carbocycles. The Morgan fingerprint density at radius 3 is 2.30 bits per heavy atom. The molecular formula is C23H20ClNO4S. The molecule has 0 radical (unpaired) electrons. The topological polar surface area (TPSA) is 72.5 Å². The van der Waals surface area contributed by atoms with E-state index in [-0.39, 0.29) is 10.5 Å². The van der Waals surface area contributed by atoms with Crippen LogP contribution >= 0.6 is 11.6 Å². The summed E-state index contributed by atoms with van der Waals surface area (Å²) in [7, 11) is -3.95. The molecule has 0 fully saturated rings. The lowest BCUT2D eigenvalue weighted by atomic mass is 10.0. The number of nitrogens with one attached hydrogen (secondary N) is 1. The van der Waals surface area contributed by atoms with Crippen molar-refractivity contribution in [3.05, 3.63) is 107 Å². The Hall–Kier alpha value is -2.93. The van der Waals surface area contributed by atoms with E-state index in [2.05, 4.69) is 11.3 Å². The maximum absolute atomic E-state index is 13.0. The van der Waals surface area contributed by atoms with Crippen molar-refractivity contribution in [1.29, 1.82) is 0 Å². The number of hydrogen-bond acceptors (Lipinski definition) is 4. The molecule has 0 heterocycles. The van der Waals surface area contributed by atoms with Crippen molar-refractivity contribution < 1.29 is 17.9 Å². The predicted molar refractivity (Wildman–Crippen MR) is 117 cm³/mol. The van der Waals surface area contributed by atoms with Gasteiger partial charge in [0.25, 0.3) is 0 Å². The molecule has 0 amide bonds. The van der Waals surface area contributed by atoms with Crippen molar-refractivity contribution in [2.45, 2.75) is 17.9 Å². The first kappa shape index (κ1) is 21.8.